The van der Waals surface area contributed by atoms with Crippen LogP contribution in [0.2, 0.25) is 0 Å². The summed E-state index contributed by atoms with van der Waals surface area (Å²) >= 11 is 0. The monoisotopic (exact) mass is 543 g/mol. The molecule has 1 aliphatic heterocycles. The molecule has 0 bridgehead atoms. The molecule has 1 aliphatic carbocycles. The van der Waals surface area contributed by atoms with E-state index in [4.69, 9.17) is 18.9 Å². The van der Waals surface area contributed by atoms with Crippen molar-refractivity contribution in [2.24, 2.45) is 0 Å². The Morgan fingerprint density at radius 2 is 1.57 bits per heavy atom. The molecule has 0 radical (unpaired) electrons. The topological polar surface area (TPSA) is 83.1 Å². The summed E-state index contributed by atoms with van der Waals surface area (Å²) in [5.74, 6) is -0.472. The van der Waals surface area contributed by atoms with E-state index in [1.165, 1.54) is 0 Å². The van der Waals surface area contributed by atoms with Gasteiger partial charge in [0.05, 0.1) is 18.6 Å². The summed E-state index contributed by atoms with van der Waals surface area (Å²) in [6.07, 6.45) is 1.97. The van der Waals surface area contributed by atoms with E-state index in [1.54, 1.807) is 0 Å². The van der Waals surface area contributed by atoms with Gasteiger partial charge in [-0.15, -0.1) is 0 Å². The summed E-state index contributed by atoms with van der Waals surface area (Å²) in [4.78, 5) is 26.0. The smallest absolute Gasteiger partial charge is 0.407 e. The van der Waals surface area contributed by atoms with Crippen molar-refractivity contribution in [2.75, 3.05) is 13.2 Å². The molecule has 7 heteroatoms. The predicted octanol–water partition coefficient (Wildman–Crippen LogP) is 6.35. The van der Waals surface area contributed by atoms with Crippen LogP contribution in [0.25, 0.3) is 11.1 Å². The Morgan fingerprint density at radius 3 is 2.23 bits per heavy atom. The Labute approximate surface area is 235 Å². The van der Waals surface area contributed by atoms with Gasteiger partial charge in [0.2, 0.25) is 0 Å². The van der Waals surface area contributed by atoms with Crippen molar-refractivity contribution >= 4 is 12.1 Å². The zero-order valence-corrected chi connectivity index (χ0v) is 22.9. The van der Waals surface area contributed by atoms with Crippen molar-refractivity contribution in [1.29, 1.82) is 0 Å². The van der Waals surface area contributed by atoms with E-state index in [9.17, 15) is 9.59 Å². The Kier molecular flexibility index (Phi) is 9.47. The third-order valence-corrected chi connectivity index (χ3v) is 7.59. The van der Waals surface area contributed by atoms with Gasteiger partial charge in [0.1, 0.15) is 13.2 Å². The molecule has 1 N–H and O–H groups in total. The largest absolute Gasteiger partial charge is 0.461 e. The van der Waals surface area contributed by atoms with E-state index in [0.717, 1.165) is 47.1 Å². The summed E-state index contributed by atoms with van der Waals surface area (Å²) in [6, 6.07) is 25.3. The molecule has 7 nitrogen and oxygen atoms in total. The highest BCUT2D eigenvalue weighted by molar-refractivity contribution is 5.79. The number of esters is 1. The van der Waals surface area contributed by atoms with Crippen molar-refractivity contribution in [1.82, 2.24) is 5.32 Å². The van der Waals surface area contributed by atoms with Gasteiger partial charge in [0.15, 0.2) is 6.29 Å². The SMILES string of the molecule is CCC(OC1CCCCO1)[C@H](CC(=O)OCc1ccccc1)NC(=O)OCC1c2ccccc2-c2ccccc21. The third-order valence-electron chi connectivity index (χ3n) is 7.59. The molecule has 1 fully saturated rings. The molecule has 1 amide bonds. The van der Waals surface area contributed by atoms with Crippen molar-refractivity contribution in [3.63, 3.8) is 0 Å². The van der Waals surface area contributed by atoms with Crippen molar-refractivity contribution in [3.8, 4) is 11.1 Å². The fraction of sp³-hybridized carbons (Fsp3) is 0.394. The fourth-order valence-corrected chi connectivity index (χ4v) is 5.53. The molecule has 2 unspecified atom stereocenters. The lowest BCUT2D eigenvalue weighted by Crippen LogP contribution is -2.48. The number of nitrogens with one attached hydrogen (secondary N) is 1. The molecule has 3 atom stereocenters. The lowest BCUT2D eigenvalue weighted by molar-refractivity contribution is -0.195. The first kappa shape index (κ1) is 27.9. The van der Waals surface area contributed by atoms with Crippen molar-refractivity contribution < 1.29 is 28.5 Å². The van der Waals surface area contributed by atoms with Crippen LogP contribution in [0.5, 0.6) is 0 Å². The van der Waals surface area contributed by atoms with Crippen molar-refractivity contribution in [3.05, 3.63) is 95.6 Å². The molecule has 0 aromatic heterocycles. The van der Waals surface area contributed by atoms with Gasteiger partial charge in [-0.1, -0.05) is 85.8 Å². The van der Waals surface area contributed by atoms with E-state index in [0.29, 0.717) is 13.0 Å². The maximum Gasteiger partial charge on any atom is 0.407 e. The lowest BCUT2D eigenvalue weighted by Gasteiger charge is -2.32. The van der Waals surface area contributed by atoms with Gasteiger partial charge in [0.25, 0.3) is 0 Å². The first-order valence-corrected chi connectivity index (χ1v) is 14.2. The van der Waals surface area contributed by atoms with Crippen LogP contribution in [0.15, 0.2) is 78.9 Å². The Balaban J connectivity index is 1.24. The number of rotatable bonds is 11. The number of hydrogen-bond acceptors (Lipinski definition) is 6. The van der Waals surface area contributed by atoms with Crippen LogP contribution in [-0.4, -0.2) is 43.7 Å². The number of amides is 1. The molecule has 3 aromatic carbocycles. The summed E-state index contributed by atoms with van der Waals surface area (Å²) in [6.45, 7) is 2.97. The van der Waals surface area contributed by atoms with Crippen LogP contribution < -0.4 is 5.32 Å². The molecule has 3 aromatic rings. The van der Waals surface area contributed by atoms with Crippen LogP contribution >= 0.6 is 0 Å². The zero-order valence-electron chi connectivity index (χ0n) is 22.9. The molecule has 1 heterocycles. The van der Waals surface area contributed by atoms with Gasteiger partial charge in [-0.25, -0.2) is 4.79 Å². The average Bonchev–Trinajstić information content (AvgIpc) is 3.32. The van der Waals surface area contributed by atoms with E-state index in [2.05, 4.69) is 29.6 Å². The highest BCUT2D eigenvalue weighted by Crippen LogP contribution is 2.44. The van der Waals surface area contributed by atoms with Gasteiger partial charge >= 0.3 is 12.1 Å². The third kappa shape index (κ3) is 6.90. The number of hydrogen-bond donors (Lipinski definition) is 1. The first-order chi connectivity index (χ1) is 19.6. The normalized spacial score (nSPS) is 17.8. The molecule has 1 saturated heterocycles. The van der Waals surface area contributed by atoms with Gasteiger partial charge in [-0.2, -0.15) is 0 Å². The minimum absolute atomic E-state index is 0.0394. The van der Waals surface area contributed by atoms with Crippen LogP contribution in [0, 0.1) is 0 Å². The number of carbonyl (C=O) groups is 2. The van der Waals surface area contributed by atoms with Crippen molar-refractivity contribution in [2.45, 2.75) is 70.0 Å². The zero-order chi connectivity index (χ0) is 27.7. The second-order valence-electron chi connectivity index (χ2n) is 10.3. The number of carbonyl (C=O) groups excluding carboxylic acids is 2. The molecular formula is C33H37NO6. The lowest BCUT2D eigenvalue weighted by atomic mass is 9.98. The molecule has 40 heavy (non-hydrogen) atoms. The van der Waals surface area contributed by atoms with E-state index >= 15 is 0 Å². The Hall–Kier alpha value is -3.68. The number of alkyl carbamates (subject to hydrolysis) is 1. The first-order valence-electron chi connectivity index (χ1n) is 14.2. The number of ether oxygens (including phenoxy) is 4. The highest BCUT2D eigenvalue weighted by Gasteiger charge is 2.32. The molecule has 0 saturated carbocycles. The van der Waals surface area contributed by atoms with Gasteiger partial charge in [-0.05, 0) is 53.5 Å². The number of benzene rings is 3. The summed E-state index contributed by atoms with van der Waals surface area (Å²) in [5.41, 5.74) is 5.51. The molecule has 210 valence electrons. The van der Waals surface area contributed by atoms with E-state index in [1.807, 2.05) is 61.5 Å². The molecular weight excluding hydrogens is 506 g/mol. The molecule has 2 aliphatic rings. The predicted molar refractivity (Wildman–Crippen MR) is 152 cm³/mol. The quantitative estimate of drug-likeness (QED) is 0.284. The van der Waals surface area contributed by atoms with E-state index < -0.39 is 24.2 Å². The van der Waals surface area contributed by atoms with Gasteiger partial charge in [-0.3, -0.25) is 4.79 Å². The van der Waals surface area contributed by atoms with Gasteiger partial charge < -0.3 is 24.3 Å². The van der Waals surface area contributed by atoms with Crippen LogP contribution in [0.3, 0.4) is 0 Å². The minimum atomic E-state index is -0.630. The highest BCUT2D eigenvalue weighted by atomic mass is 16.7. The van der Waals surface area contributed by atoms with Crippen LogP contribution in [0.4, 0.5) is 4.79 Å². The maximum atomic E-state index is 13.1. The van der Waals surface area contributed by atoms with Crippen LogP contribution in [-0.2, 0) is 30.3 Å². The average molecular weight is 544 g/mol. The summed E-state index contributed by atoms with van der Waals surface area (Å²) < 4.78 is 23.3. The summed E-state index contributed by atoms with van der Waals surface area (Å²) in [7, 11) is 0. The van der Waals surface area contributed by atoms with Crippen LogP contribution in [0.1, 0.15) is 61.6 Å². The Bertz CT molecular complexity index is 1230. The second kappa shape index (κ2) is 13.6. The number of fused-ring (bicyclic) bond motifs is 3. The Morgan fingerprint density at radius 1 is 0.900 bits per heavy atom. The standard InChI is InChI=1S/C33H37NO6/c1-2-30(40-32-18-10-11-19-37-32)29(20-31(35)38-21-23-12-4-3-5-13-23)34-33(36)39-22-28-26-16-8-6-14-24(26)25-15-7-9-17-27(25)28/h3-9,12-17,28-30,32H,2,10-11,18-22H2,1H3,(H,34,36)/t29-,30?,32?/m0/s1. The summed E-state index contributed by atoms with van der Waals surface area (Å²) in [5, 5.41) is 2.92. The van der Waals surface area contributed by atoms with E-state index in [-0.39, 0.29) is 31.8 Å². The second-order valence-corrected chi connectivity index (χ2v) is 10.3. The minimum Gasteiger partial charge on any atom is -0.461 e. The molecule has 5 rings (SSSR count). The molecule has 0 spiro atoms. The maximum absolute atomic E-state index is 13.1. The fourth-order valence-electron chi connectivity index (χ4n) is 5.53. The van der Waals surface area contributed by atoms with Gasteiger partial charge in [0, 0.05) is 12.5 Å².